The number of carbonyl (C=O) groups is 3. The largest absolute Gasteiger partial charge is 0.489 e. The van der Waals surface area contributed by atoms with Crippen molar-refractivity contribution in [1.82, 2.24) is 15.5 Å². The van der Waals surface area contributed by atoms with Crippen LogP contribution in [0.3, 0.4) is 0 Å². The summed E-state index contributed by atoms with van der Waals surface area (Å²) in [5.74, 6) is 0.591. The van der Waals surface area contributed by atoms with Gasteiger partial charge in [0.2, 0.25) is 11.8 Å². The molecule has 0 atom stereocenters. The van der Waals surface area contributed by atoms with Crippen molar-refractivity contribution in [3.8, 4) is 11.5 Å². The van der Waals surface area contributed by atoms with E-state index < -0.39 is 0 Å². The third kappa shape index (κ3) is 5.31. The first-order chi connectivity index (χ1) is 15.5. The molecule has 0 unspecified atom stereocenters. The third-order valence-electron chi connectivity index (χ3n) is 5.24. The fourth-order valence-electron chi connectivity index (χ4n) is 3.59. The molecule has 0 radical (unpaired) electrons. The number of ether oxygens (including phenoxy) is 2. The van der Waals surface area contributed by atoms with Gasteiger partial charge >= 0.3 is 0 Å². The average Bonchev–Trinajstić information content (AvgIpc) is 3.03. The van der Waals surface area contributed by atoms with E-state index in [-0.39, 0.29) is 30.7 Å². The van der Waals surface area contributed by atoms with Gasteiger partial charge in [0.25, 0.3) is 5.91 Å². The van der Waals surface area contributed by atoms with Crippen molar-refractivity contribution in [2.24, 2.45) is 0 Å². The minimum atomic E-state index is -0.179. The summed E-state index contributed by atoms with van der Waals surface area (Å²) in [6, 6.07) is 10.5. The van der Waals surface area contributed by atoms with Crippen molar-refractivity contribution in [2.45, 2.75) is 19.4 Å². The molecular weight excluding hydrogens is 434 g/mol. The van der Waals surface area contributed by atoms with Gasteiger partial charge in [-0.3, -0.25) is 14.4 Å². The van der Waals surface area contributed by atoms with Gasteiger partial charge in [-0.05, 0) is 35.4 Å². The Balaban J connectivity index is 1.31. The van der Waals surface area contributed by atoms with E-state index in [1.807, 2.05) is 0 Å². The van der Waals surface area contributed by atoms with Crippen molar-refractivity contribution < 1.29 is 23.9 Å². The van der Waals surface area contributed by atoms with Crippen LogP contribution in [0, 0.1) is 0 Å². The fraction of sp³-hybridized carbons (Fsp3) is 0.348. The maximum atomic E-state index is 12.5. The lowest BCUT2D eigenvalue weighted by atomic mass is 10.1. The van der Waals surface area contributed by atoms with Crippen molar-refractivity contribution in [3.05, 3.63) is 58.1 Å². The molecule has 0 aromatic heterocycles. The van der Waals surface area contributed by atoms with Gasteiger partial charge < -0.3 is 25.0 Å². The van der Waals surface area contributed by atoms with Gasteiger partial charge in [0, 0.05) is 31.6 Å². The molecule has 2 N–H and O–H groups in total. The van der Waals surface area contributed by atoms with Crippen LogP contribution in [-0.4, -0.2) is 55.5 Å². The maximum Gasteiger partial charge on any atom is 0.254 e. The predicted octanol–water partition coefficient (Wildman–Crippen LogP) is 1.93. The van der Waals surface area contributed by atoms with Gasteiger partial charge in [0.15, 0.2) is 11.5 Å². The second-order valence-electron chi connectivity index (χ2n) is 7.68. The van der Waals surface area contributed by atoms with Gasteiger partial charge in [0.1, 0.15) is 0 Å². The van der Waals surface area contributed by atoms with Crippen molar-refractivity contribution in [2.75, 3.05) is 32.8 Å². The Kier molecular flexibility index (Phi) is 6.80. The van der Waals surface area contributed by atoms with Crippen LogP contribution in [0.25, 0.3) is 0 Å². The molecule has 0 spiro atoms. The summed E-state index contributed by atoms with van der Waals surface area (Å²) in [4.78, 5) is 38.0. The zero-order chi connectivity index (χ0) is 22.5. The SMILES string of the molecule is O=C(Cc1cc(Cl)c2c(c1)OCCCO2)NCc1ccc(C(=O)N2CCNC(=O)C2)cc1. The highest BCUT2D eigenvalue weighted by Crippen LogP contribution is 2.38. The normalized spacial score (nSPS) is 15.5. The fourth-order valence-corrected chi connectivity index (χ4v) is 3.88. The molecule has 9 heteroatoms. The number of benzene rings is 2. The van der Waals surface area contributed by atoms with Gasteiger partial charge in [-0.2, -0.15) is 0 Å². The molecule has 4 rings (SSSR count). The predicted molar refractivity (Wildman–Crippen MR) is 118 cm³/mol. The Morgan fingerprint density at radius 3 is 2.66 bits per heavy atom. The number of fused-ring (bicyclic) bond motifs is 1. The number of hydrogen-bond acceptors (Lipinski definition) is 5. The van der Waals surface area contributed by atoms with Crippen LogP contribution >= 0.6 is 11.6 Å². The molecule has 0 bridgehead atoms. The van der Waals surface area contributed by atoms with Gasteiger partial charge in [-0.15, -0.1) is 0 Å². The van der Waals surface area contributed by atoms with E-state index in [9.17, 15) is 14.4 Å². The maximum absolute atomic E-state index is 12.5. The molecule has 0 aliphatic carbocycles. The third-order valence-corrected chi connectivity index (χ3v) is 5.52. The summed E-state index contributed by atoms with van der Waals surface area (Å²) in [5.41, 5.74) is 2.11. The minimum Gasteiger partial charge on any atom is -0.489 e. The van der Waals surface area contributed by atoms with Crippen LogP contribution in [0.4, 0.5) is 0 Å². The zero-order valence-electron chi connectivity index (χ0n) is 17.5. The van der Waals surface area contributed by atoms with Crippen LogP contribution in [0.2, 0.25) is 5.02 Å². The number of amides is 3. The first kappa shape index (κ1) is 22.0. The lowest BCUT2D eigenvalue weighted by molar-refractivity contribution is -0.123. The van der Waals surface area contributed by atoms with Crippen LogP contribution in [0.5, 0.6) is 11.5 Å². The van der Waals surface area contributed by atoms with E-state index in [1.54, 1.807) is 36.4 Å². The number of piperazine rings is 1. The van der Waals surface area contributed by atoms with Gasteiger partial charge in [-0.1, -0.05) is 23.7 Å². The standard InChI is InChI=1S/C23H24ClN3O5/c24-18-10-16(11-19-22(18)32-9-1-8-31-19)12-20(28)26-13-15-2-4-17(5-3-15)23(30)27-7-6-25-21(29)14-27/h2-5,10-11H,1,6-9,12-14H2,(H,25,29)(H,26,28). The molecule has 1 saturated heterocycles. The number of rotatable bonds is 5. The summed E-state index contributed by atoms with van der Waals surface area (Å²) in [5, 5.41) is 6.00. The molecule has 1 fully saturated rings. The topological polar surface area (TPSA) is 97.0 Å². The van der Waals surface area contributed by atoms with Crippen LogP contribution < -0.4 is 20.1 Å². The van der Waals surface area contributed by atoms with Gasteiger partial charge in [-0.25, -0.2) is 0 Å². The smallest absolute Gasteiger partial charge is 0.254 e. The second-order valence-corrected chi connectivity index (χ2v) is 8.09. The first-order valence-electron chi connectivity index (χ1n) is 10.5. The molecule has 2 aliphatic rings. The average molecular weight is 458 g/mol. The van der Waals surface area contributed by atoms with E-state index in [1.165, 1.54) is 4.90 Å². The van der Waals surface area contributed by atoms with E-state index >= 15 is 0 Å². The van der Waals surface area contributed by atoms with E-state index in [2.05, 4.69) is 10.6 Å². The highest BCUT2D eigenvalue weighted by atomic mass is 35.5. The van der Waals surface area contributed by atoms with Crippen LogP contribution in [-0.2, 0) is 22.6 Å². The Bertz CT molecular complexity index is 1030. The summed E-state index contributed by atoms with van der Waals surface area (Å²) in [7, 11) is 0. The van der Waals surface area contributed by atoms with Gasteiger partial charge in [0.05, 0.1) is 31.2 Å². The summed E-state index contributed by atoms with van der Waals surface area (Å²) < 4.78 is 11.3. The van der Waals surface area contributed by atoms with Crippen molar-refractivity contribution >= 4 is 29.3 Å². The van der Waals surface area contributed by atoms with E-state index in [0.717, 1.165) is 17.5 Å². The monoisotopic (exact) mass is 457 g/mol. The molecule has 32 heavy (non-hydrogen) atoms. The number of hydrogen-bond donors (Lipinski definition) is 2. The quantitative estimate of drug-likeness (QED) is 0.715. The van der Waals surface area contributed by atoms with E-state index in [0.29, 0.717) is 54.9 Å². The van der Waals surface area contributed by atoms with Crippen LogP contribution in [0.15, 0.2) is 36.4 Å². The summed E-state index contributed by atoms with van der Waals surface area (Å²) >= 11 is 6.29. The molecule has 2 heterocycles. The second kappa shape index (κ2) is 9.91. The molecule has 3 amide bonds. The highest BCUT2D eigenvalue weighted by molar-refractivity contribution is 6.32. The lowest BCUT2D eigenvalue weighted by Crippen LogP contribution is -2.49. The molecule has 8 nitrogen and oxygen atoms in total. The van der Waals surface area contributed by atoms with Crippen molar-refractivity contribution in [3.63, 3.8) is 0 Å². The Morgan fingerprint density at radius 1 is 1.09 bits per heavy atom. The Morgan fingerprint density at radius 2 is 1.88 bits per heavy atom. The number of nitrogens with one attached hydrogen (secondary N) is 2. The molecule has 168 valence electrons. The molecule has 2 aromatic carbocycles. The first-order valence-corrected chi connectivity index (χ1v) is 10.9. The lowest BCUT2D eigenvalue weighted by Gasteiger charge is -2.26. The summed E-state index contributed by atoms with van der Waals surface area (Å²) in [6.45, 7) is 2.44. The Labute approximate surface area is 190 Å². The number of halogens is 1. The molecule has 2 aromatic rings. The molecular formula is C23H24ClN3O5. The van der Waals surface area contributed by atoms with Crippen LogP contribution in [0.1, 0.15) is 27.9 Å². The van der Waals surface area contributed by atoms with E-state index in [4.69, 9.17) is 21.1 Å². The number of nitrogens with zero attached hydrogens (tertiary/aromatic N) is 1. The van der Waals surface area contributed by atoms with Crippen molar-refractivity contribution in [1.29, 1.82) is 0 Å². The molecule has 0 saturated carbocycles. The number of carbonyl (C=O) groups excluding carboxylic acids is 3. The minimum absolute atomic E-state index is 0.0700. The Hall–Kier alpha value is -3.26. The molecule has 2 aliphatic heterocycles. The highest BCUT2D eigenvalue weighted by Gasteiger charge is 2.22. The summed E-state index contributed by atoms with van der Waals surface area (Å²) in [6.07, 6.45) is 0.933. The zero-order valence-corrected chi connectivity index (χ0v) is 18.2.